The number of aryl methyl sites for hydroxylation is 1. The topological polar surface area (TPSA) is 77.1 Å². The number of esters is 1. The number of hydrogen-bond acceptors (Lipinski definition) is 5. The van der Waals surface area contributed by atoms with Gasteiger partial charge in [-0.15, -0.1) is 0 Å². The van der Waals surface area contributed by atoms with E-state index in [1.54, 1.807) is 37.3 Å². The zero-order valence-electron chi connectivity index (χ0n) is 19.3. The normalized spacial score (nSPS) is 18.1. The van der Waals surface area contributed by atoms with Gasteiger partial charge >= 0.3 is 12.0 Å². The van der Waals surface area contributed by atoms with Gasteiger partial charge in [0.05, 0.1) is 31.9 Å². The molecule has 0 radical (unpaired) electrons. The molecule has 2 amide bonds. The van der Waals surface area contributed by atoms with Crippen molar-refractivity contribution in [3.63, 3.8) is 0 Å². The Balaban J connectivity index is 1.85. The van der Waals surface area contributed by atoms with Crippen molar-refractivity contribution in [2.45, 2.75) is 33.1 Å². The van der Waals surface area contributed by atoms with Crippen LogP contribution in [0, 0.1) is 12.3 Å². The third-order valence-electron chi connectivity index (χ3n) is 6.01. The molecule has 1 atom stereocenters. The first kappa shape index (κ1) is 23.4. The molecule has 7 nitrogen and oxygen atoms in total. The first-order valence-corrected chi connectivity index (χ1v) is 10.9. The van der Waals surface area contributed by atoms with Gasteiger partial charge in [0.1, 0.15) is 11.5 Å². The monoisotopic (exact) mass is 440 g/mol. The number of carbonyl (C=O) groups is 2. The van der Waals surface area contributed by atoms with Gasteiger partial charge in [0, 0.05) is 19.2 Å². The number of nitrogens with zero attached hydrogens (tertiary/aromatic N) is 1. The highest BCUT2D eigenvalue weighted by Gasteiger charge is 2.45. The number of benzene rings is 2. The van der Waals surface area contributed by atoms with Crippen molar-refractivity contribution in [3.05, 3.63) is 53.6 Å². The van der Waals surface area contributed by atoms with E-state index in [1.165, 1.54) is 0 Å². The number of likely N-dealkylation sites (tertiary alicyclic amines) is 1. The zero-order valence-corrected chi connectivity index (χ0v) is 19.3. The minimum atomic E-state index is -0.782. The van der Waals surface area contributed by atoms with Crippen LogP contribution in [0.4, 0.5) is 10.5 Å². The largest absolute Gasteiger partial charge is 0.497 e. The Kier molecular flexibility index (Phi) is 7.62. The summed E-state index contributed by atoms with van der Waals surface area (Å²) in [6.07, 6.45) is 1.92. The van der Waals surface area contributed by atoms with Crippen molar-refractivity contribution < 1.29 is 23.8 Å². The second kappa shape index (κ2) is 10.4. The van der Waals surface area contributed by atoms with Crippen LogP contribution in [0.1, 0.15) is 30.9 Å². The highest BCUT2D eigenvalue weighted by atomic mass is 16.5. The summed E-state index contributed by atoms with van der Waals surface area (Å²) in [5.74, 6) is 0.896. The van der Waals surface area contributed by atoms with Gasteiger partial charge in [0.15, 0.2) is 0 Å². The lowest BCUT2D eigenvalue weighted by Gasteiger charge is -2.41. The lowest BCUT2D eigenvalue weighted by Crippen LogP contribution is -2.52. The predicted octanol–water partition coefficient (Wildman–Crippen LogP) is 4.43. The first-order valence-electron chi connectivity index (χ1n) is 10.9. The summed E-state index contributed by atoms with van der Waals surface area (Å²) in [6, 6.07) is 13.0. The van der Waals surface area contributed by atoms with E-state index >= 15 is 0 Å². The summed E-state index contributed by atoms with van der Waals surface area (Å²) in [7, 11) is 3.11. The van der Waals surface area contributed by atoms with E-state index in [2.05, 4.69) is 5.32 Å². The highest BCUT2D eigenvalue weighted by molar-refractivity contribution is 5.92. The number of amides is 2. The number of hydrogen-bond donors (Lipinski definition) is 1. The Bertz CT molecular complexity index is 961. The molecule has 2 aromatic carbocycles. The molecule has 0 unspecified atom stereocenters. The first-order chi connectivity index (χ1) is 15.4. The van der Waals surface area contributed by atoms with Gasteiger partial charge in [-0.3, -0.25) is 4.79 Å². The summed E-state index contributed by atoms with van der Waals surface area (Å²) in [4.78, 5) is 28.0. The Morgan fingerprint density at radius 1 is 1.12 bits per heavy atom. The van der Waals surface area contributed by atoms with Crippen molar-refractivity contribution >= 4 is 17.7 Å². The van der Waals surface area contributed by atoms with E-state index in [4.69, 9.17) is 14.2 Å². The minimum Gasteiger partial charge on any atom is -0.497 e. The molecule has 172 valence electrons. The molecule has 32 heavy (non-hydrogen) atoms. The highest BCUT2D eigenvalue weighted by Crippen LogP contribution is 2.37. The molecule has 0 saturated carbocycles. The molecule has 1 N–H and O–H groups in total. The maximum absolute atomic E-state index is 13.2. The summed E-state index contributed by atoms with van der Waals surface area (Å²) >= 11 is 0. The molecule has 0 bridgehead atoms. The Hall–Kier alpha value is -3.22. The van der Waals surface area contributed by atoms with Gasteiger partial charge < -0.3 is 24.4 Å². The molecular formula is C25H32N2O5. The lowest BCUT2D eigenvalue weighted by atomic mass is 9.74. The van der Waals surface area contributed by atoms with Crippen LogP contribution in [-0.4, -0.2) is 50.8 Å². The summed E-state index contributed by atoms with van der Waals surface area (Å²) in [5.41, 5.74) is 1.95. The summed E-state index contributed by atoms with van der Waals surface area (Å²) < 4.78 is 16.1. The van der Waals surface area contributed by atoms with Gasteiger partial charge in [-0.2, -0.15) is 0 Å². The number of nitrogens with one attached hydrogen (secondary N) is 1. The van der Waals surface area contributed by atoms with E-state index in [1.807, 2.05) is 38.1 Å². The number of rotatable bonds is 7. The van der Waals surface area contributed by atoms with Crippen molar-refractivity contribution in [2.75, 3.05) is 39.2 Å². The fourth-order valence-electron chi connectivity index (χ4n) is 4.25. The number of anilines is 1. The molecular weight excluding hydrogens is 408 g/mol. The molecule has 0 aromatic heterocycles. The van der Waals surface area contributed by atoms with Crippen molar-refractivity contribution in [2.24, 2.45) is 5.41 Å². The van der Waals surface area contributed by atoms with Gasteiger partial charge in [-0.1, -0.05) is 24.3 Å². The van der Waals surface area contributed by atoms with E-state index in [9.17, 15) is 9.59 Å². The fraction of sp³-hybridized carbons (Fsp3) is 0.440. The molecule has 1 aliphatic rings. The minimum absolute atomic E-state index is 0.250. The number of methoxy groups -OCH3 is 2. The van der Waals surface area contributed by atoms with E-state index in [-0.39, 0.29) is 18.5 Å². The van der Waals surface area contributed by atoms with Crippen molar-refractivity contribution in [3.8, 4) is 11.5 Å². The van der Waals surface area contributed by atoms with Gasteiger partial charge in [-0.05, 0) is 56.4 Å². The molecule has 3 rings (SSSR count). The quantitative estimate of drug-likeness (QED) is 0.645. The molecule has 1 aliphatic heterocycles. The SMILES string of the molecule is CCOC(=O)[C@@]1(Cc2ccccc2C)CCCN(C(=O)Nc2cc(OC)ccc2OC)C1. The second-order valence-electron chi connectivity index (χ2n) is 8.13. The second-order valence-corrected chi connectivity index (χ2v) is 8.13. The third-order valence-corrected chi connectivity index (χ3v) is 6.01. The van der Waals surface area contributed by atoms with Crippen LogP contribution in [0.15, 0.2) is 42.5 Å². The Morgan fingerprint density at radius 2 is 1.91 bits per heavy atom. The third kappa shape index (κ3) is 5.15. The lowest BCUT2D eigenvalue weighted by molar-refractivity contribution is -0.158. The molecule has 1 heterocycles. The van der Waals surface area contributed by atoms with E-state index in [0.717, 1.165) is 11.1 Å². The fourth-order valence-corrected chi connectivity index (χ4v) is 4.25. The Labute approximate surface area is 189 Å². The van der Waals surface area contributed by atoms with Crippen LogP contribution in [-0.2, 0) is 16.0 Å². The van der Waals surface area contributed by atoms with Gasteiger partial charge in [0.2, 0.25) is 0 Å². The van der Waals surface area contributed by atoms with Crippen LogP contribution >= 0.6 is 0 Å². The number of urea groups is 1. The maximum Gasteiger partial charge on any atom is 0.321 e. The molecule has 0 aliphatic carbocycles. The average Bonchev–Trinajstić information content (AvgIpc) is 2.80. The summed E-state index contributed by atoms with van der Waals surface area (Å²) in [6.45, 7) is 5.01. The van der Waals surface area contributed by atoms with Crippen LogP contribution in [0.3, 0.4) is 0 Å². The predicted molar refractivity (Wildman–Crippen MR) is 123 cm³/mol. The van der Waals surface area contributed by atoms with E-state index in [0.29, 0.717) is 49.6 Å². The molecule has 2 aromatic rings. The van der Waals surface area contributed by atoms with Gasteiger partial charge in [0.25, 0.3) is 0 Å². The van der Waals surface area contributed by atoms with Crippen molar-refractivity contribution in [1.29, 1.82) is 0 Å². The molecule has 0 spiro atoms. The molecule has 1 fully saturated rings. The molecule has 7 heteroatoms. The molecule has 1 saturated heterocycles. The number of ether oxygens (including phenoxy) is 3. The maximum atomic E-state index is 13.2. The number of carbonyl (C=O) groups excluding carboxylic acids is 2. The van der Waals surface area contributed by atoms with Crippen LogP contribution in [0.5, 0.6) is 11.5 Å². The van der Waals surface area contributed by atoms with Crippen LogP contribution in [0.25, 0.3) is 0 Å². The zero-order chi connectivity index (χ0) is 23.1. The smallest absolute Gasteiger partial charge is 0.321 e. The standard InChI is InChI=1S/C25H32N2O5/c1-5-32-23(28)25(16-19-10-7-6-9-18(19)2)13-8-14-27(17-25)24(29)26-21-15-20(30-3)11-12-22(21)31-4/h6-7,9-12,15H,5,8,13-14,16-17H2,1-4H3,(H,26,29)/t25-/m1/s1. The van der Waals surface area contributed by atoms with Crippen LogP contribution < -0.4 is 14.8 Å². The Morgan fingerprint density at radius 3 is 2.59 bits per heavy atom. The number of piperidine rings is 1. The summed E-state index contributed by atoms with van der Waals surface area (Å²) in [5, 5.41) is 2.92. The van der Waals surface area contributed by atoms with Gasteiger partial charge in [-0.25, -0.2) is 4.79 Å². The van der Waals surface area contributed by atoms with Crippen LogP contribution in [0.2, 0.25) is 0 Å². The van der Waals surface area contributed by atoms with Crippen molar-refractivity contribution in [1.82, 2.24) is 4.90 Å². The van der Waals surface area contributed by atoms with E-state index < -0.39 is 5.41 Å². The average molecular weight is 441 g/mol.